The maximum Gasteiger partial charge on any atom is 0.308 e. The highest BCUT2D eigenvalue weighted by Crippen LogP contribution is 2.26. The Morgan fingerprint density at radius 1 is 1.15 bits per heavy atom. The summed E-state index contributed by atoms with van der Waals surface area (Å²) in [6.07, 6.45) is 1.26. The number of para-hydroxylation sites is 1. The summed E-state index contributed by atoms with van der Waals surface area (Å²) in [6, 6.07) is 13.4. The van der Waals surface area contributed by atoms with Crippen LogP contribution in [-0.4, -0.2) is 49.7 Å². The minimum Gasteiger partial charge on any atom is -0.481 e. The van der Waals surface area contributed by atoms with Crippen LogP contribution in [0.25, 0.3) is 16.4 Å². The molecule has 1 amide bonds. The number of likely N-dealkylation sites (tertiary alicyclic amines) is 1. The second-order valence-electron chi connectivity index (χ2n) is 6.41. The lowest BCUT2D eigenvalue weighted by atomic mass is 9.98. The first-order chi connectivity index (χ1) is 13.1. The third-order valence-electron chi connectivity index (χ3n) is 4.60. The lowest BCUT2D eigenvalue weighted by Crippen LogP contribution is -2.42. The number of carbonyl (C=O) groups is 2. The Labute approximate surface area is 159 Å². The number of carboxylic acid groups (broad SMARTS) is 1. The first-order valence-corrected chi connectivity index (χ1v) is 9.60. The average molecular weight is 382 g/mol. The molecule has 1 unspecified atom stereocenters. The molecule has 4 rings (SSSR count). The number of carboxylic acids is 1. The molecule has 0 saturated carbocycles. The van der Waals surface area contributed by atoms with Gasteiger partial charge in [-0.15, -0.1) is 16.4 Å². The van der Waals surface area contributed by atoms with Crippen LogP contribution in [0.2, 0.25) is 0 Å². The van der Waals surface area contributed by atoms with Crippen molar-refractivity contribution in [2.75, 3.05) is 13.1 Å². The highest BCUT2D eigenvalue weighted by molar-refractivity contribution is 7.13. The highest BCUT2D eigenvalue weighted by Gasteiger charge is 2.31. The fourth-order valence-corrected chi connectivity index (χ4v) is 3.92. The molecule has 1 N–H and O–H groups in total. The summed E-state index contributed by atoms with van der Waals surface area (Å²) in [4.78, 5) is 31.2. The maximum atomic E-state index is 12.9. The molecule has 1 aromatic carbocycles. The van der Waals surface area contributed by atoms with Crippen molar-refractivity contribution in [2.24, 2.45) is 5.92 Å². The van der Waals surface area contributed by atoms with Gasteiger partial charge >= 0.3 is 5.97 Å². The third kappa shape index (κ3) is 3.48. The molecule has 0 aliphatic carbocycles. The monoisotopic (exact) mass is 382 g/mol. The second kappa shape index (κ2) is 7.32. The molecule has 3 heterocycles. The average Bonchev–Trinajstić information content (AvgIpc) is 3.38. The normalized spacial score (nSPS) is 17.0. The van der Waals surface area contributed by atoms with E-state index in [1.807, 2.05) is 47.8 Å². The Morgan fingerprint density at radius 2 is 1.96 bits per heavy atom. The Balaban J connectivity index is 1.69. The quantitative estimate of drug-likeness (QED) is 0.749. The molecule has 1 fully saturated rings. The zero-order valence-electron chi connectivity index (χ0n) is 14.5. The van der Waals surface area contributed by atoms with Crippen molar-refractivity contribution in [1.29, 1.82) is 0 Å². The van der Waals surface area contributed by atoms with E-state index in [2.05, 4.69) is 10.1 Å². The van der Waals surface area contributed by atoms with E-state index in [1.54, 1.807) is 9.58 Å². The molecule has 2 aromatic heterocycles. The van der Waals surface area contributed by atoms with Gasteiger partial charge in [0.1, 0.15) is 0 Å². The molecule has 1 aliphatic heterocycles. The van der Waals surface area contributed by atoms with Crippen molar-refractivity contribution in [3.05, 3.63) is 53.7 Å². The molecule has 0 bridgehead atoms. The van der Waals surface area contributed by atoms with Crippen LogP contribution in [0.4, 0.5) is 0 Å². The summed E-state index contributed by atoms with van der Waals surface area (Å²) in [7, 11) is 0. The van der Waals surface area contributed by atoms with Crippen LogP contribution in [-0.2, 0) is 4.79 Å². The Bertz CT molecular complexity index is 953. The van der Waals surface area contributed by atoms with E-state index >= 15 is 0 Å². The number of piperidine rings is 1. The van der Waals surface area contributed by atoms with Gasteiger partial charge in [0.15, 0.2) is 5.82 Å². The van der Waals surface area contributed by atoms with Crippen LogP contribution in [0.1, 0.15) is 23.5 Å². The fraction of sp³-hybridized carbons (Fsp3) is 0.263. The first-order valence-electron chi connectivity index (χ1n) is 8.72. The summed E-state index contributed by atoms with van der Waals surface area (Å²) < 4.78 is 1.66. The van der Waals surface area contributed by atoms with Crippen LogP contribution in [0.3, 0.4) is 0 Å². The van der Waals surface area contributed by atoms with Gasteiger partial charge in [0.25, 0.3) is 5.91 Å². The van der Waals surface area contributed by atoms with Crippen molar-refractivity contribution in [1.82, 2.24) is 19.7 Å². The summed E-state index contributed by atoms with van der Waals surface area (Å²) in [5.74, 6) is -1.03. The number of thiophene rings is 1. The van der Waals surface area contributed by atoms with Gasteiger partial charge in [-0.25, -0.2) is 9.67 Å². The van der Waals surface area contributed by atoms with E-state index in [4.69, 9.17) is 0 Å². The molecule has 27 heavy (non-hydrogen) atoms. The number of aliphatic carboxylic acids is 1. The third-order valence-corrected chi connectivity index (χ3v) is 5.46. The van der Waals surface area contributed by atoms with E-state index in [9.17, 15) is 14.7 Å². The first kappa shape index (κ1) is 17.4. The Morgan fingerprint density at radius 3 is 2.67 bits per heavy atom. The number of hydrogen-bond donors (Lipinski definition) is 1. The van der Waals surface area contributed by atoms with Crippen molar-refractivity contribution in [2.45, 2.75) is 12.8 Å². The number of benzene rings is 1. The molecule has 138 valence electrons. The standard InChI is InChI=1S/C19H18N4O3S/c24-18(22-10-4-6-13(12-22)19(25)26)16-20-17(15-9-5-11-27-15)23(21-16)14-7-2-1-3-8-14/h1-3,5,7-9,11,13H,4,6,10,12H2,(H,25,26). The Hall–Kier alpha value is -3.00. The molecule has 1 aliphatic rings. The summed E-state index contributed by atoms with van der Waals surface area (Å²) in [6.45, 7) is 0.721. The smallest absolute Gasteiger partial charge is 0.308 e. The lowest BCUT2D eigenvalue weighted by Gasteiger charge is -2.29. The largest absolute Gasteiger partial charge is 0.481 e. The molecule has 0 radical (unpaired) electrons. The molecule has 7 nitrogen and oxygen atoms in total. The molecular formula is C19H18N4O3S. The SMILES string of the molecule is O=C(O)C1CCCN(C(=O)c2nc(-c3cccs3)n(-c3ccccc3)n2)C1. The van der Waals surface area contributed by atoms with Crippen LogP contribution >= 0.6 is 11.3 Å². The number of carbonyl (C=O) groups excluding carboxylic acids is 1. The summed E-state index contributed by atoms with van der Waals surface area (Å²) >= 11 is 1.52. The number of nitrogens with zero attached hydrogens (tertiary/aromatic N) is 4. The number of hydrogen-bond acceptors (Lipinski definition) is 5. The van der Waals surface area contributed by atoms with Gasteiger partial charge in [-0.3, -0.25) is 9.59 Å². The summed E-state index contributed by atoms with van der Waals surface area (Å²) in [5.41, 5.74) is 0.814. The van der Waals surface area contributed by atoms with Gasteiger partial charge in [0, 0.05) is 13.1 Å². The zero-order chi connectivity index (χ0) is 18.8. The van der Waals surface area contributed by atoms with Crippen molar-refractivity contribution < 1.29 is 14.7 Å². The predicted molar refractivity (Wildman–Crippen MR) is 101 cm³/mol. The van der Waals surface area contributed by atoms with Gasteiger partial charge in [-0.05, 0) is 36.4 Å². The maximum absolute atomic E-state index is 12.9. The molecule has 0 spiro atoms. The van der Waals surface area contributed by atoms with E-state index in [0.717, 1.165) is 10.6 Å². The van der Waals surface area contributed by atoms with Gasteiger partial charge in [0.05, 0.1) is 16.5 Å². The van der Waals surface area contributed by atoms with Crippen molar-refractivity contribution in [3.63, 3.8) is 0 Å². The molecule has 8 heteroatoms. The summed E-state index contributed by atoms with van der Waals surface area (Å²) in [5, 5.41) is 15.7. The second-order valence-corrected chi connectivity index (χ2v) is 7.36. The van der Waals surface area contributed by atoms with Crippen LogP contribution in [0.15, 0.2) is 47.8 Å². The number of rotatable bonds is 4. The van der Waals surface area contributed by atoms with Crippen LogP contribution in [0.5, 0.6) is 0 Å². The van der Waals surface area contributed by atoms with Crippen molar-refractivity contribution in [3.8, 4) is 16.4 Å². The van der Waals surface area contributed by atoms with Gasteiger partial charge in [-0.1, -0.05) is 24.3 Å². The molecule has 3 aromatic rings. The van der Waals surface area contributed by atoms with Gasteiger partial charge in [0.2, 0.25) is 5.82 Å². The predicted octanol–water partition coefficient (Wildman–Crippen LogP) is 2.93. The molecule has 1 atom stereocenters. The molecular weight excluding hydrogens is 364 g/mol. The number of aromatic nitrogens is 3. The topological polar surface area (TPSA) is 88.3 Å². The van der Waals surface area contributed by atoms with Gasteiger partial charge < -0.3 is 10.0 Å². The minimum absolute atomic E-state index is 0.0910. The molecule has 1 saturated heterocycles. The van der Waals surface area contributed by atoms with E-state index in [0.29, 0.717) is 25.2 Å². The van der Waals surface area contributed by atoms with E-state index < -0.39 is 11.9 Å². The minimum atomic E-state index is -0.866. The van der Waals surface area contributed by atoms with Gasteiger partial charge in [-0.2, -0.15) is 0 Å². The fourth-order valence-electron chi connectivity index (χ4n) is 3.22. The zero-order valence-corrected chi connectivity index (χ0v) is 15.3. The van der Waals surface area contributed by atoms with Crippen molar-refractivity contribution >= 4 is 23.2 Å². The highest BCUT2D eigenvalue weighted by atomic mass is 32.1. The number of amides is 1. The Kier molecular flexibility index (Phi) is 4.72. The lowest BCUT2D eigenvalue weighted by molar-refractivity contribution is -0.143. The van der Waals surface area contributed by atoms with Crippen LogP contribution < -0.4 is 0 Å². The van der Waals surface area contributed by atoms with E-state index in [-0.39, 0.29) is 18.3 Å². The van der Waals surface area contributed by atoms with E-state index in [1.165, 1.54) is 11.3 Å². The van der Waals surface area contributed by atoms with Crippen LogP contribution in [0, 0.1) is 5.92 Å².